The van der Waals surface area contributed by atoms with Gasteiger partial charge in [-0.2, -0.15) is 13.5 Å². The molecule has 0 fully saturated rings. The molecule has 0 saturated carbocycles. The van der Waals surface area contributed by atoms with Crippen molar-refractivity contribution >= 4 is 10.1 Å². The lowest BCUT2D eigenvalue weighted by Gasteiger charge is -2.21. The number of hydrogen-bond donors (Lipinski definition) is 3. The number of nitrogens with one attached hydrogen (secondary N) is 1. The molecule has 0 aliphatic carbocycles. The highest BCUT2D eigenvalue weighted by Crippen LogP contribution is 2.37. The standard InChI is InChI=1S/C15H20N2O4S/c1-9-5-6-12(22(19,20)21)10(7-9)14-13(15(2,3)4)11(8-18)16-17-14/h5-7,18H,8H2,1-4H3,(H,16,17)(H,19,20,21). The summed E-state index contributed by atoms with van der Waals surface area (Å²) >= 11 is 0. The van der Waals surface area contributed by atoms with Crippen molar-refractivity contribution in [3.8, 4) is 11.3 Å². The molecule has 1 heterocycles. The van der Waals surface area contributed by atoms with Crippen LogP contribution in [0.4, 0.5) is 0 Å². The first kappa shape index (κ1) is 16.7. The van der Waals surface area contributed by atoms with Gasteiger partial charge in [-0.15, -0.1) is 0 Å². The van der Waals surface area contributed by atoms with E-state index >= 15 is 0 Å². The third-order valence-corrected chi connectivity index (χ3v) is 4.34. The van der Waals surface area contributed by atoms with Crippen LogP contribution in [0, 0.1) is 6.92 Å². The van der Waals surface area contributed by atoms with Gasteiger partial charge in [-0.3, -0.25) is 9.65 Å². The van der Waals surface area contributed by atoms with E-state index in [0.717, 1.165) is 11.1 Å². The Kier molecular flexibility index (Phi) is 4.16. The van der Waals surface area contributed by atoms with Crippen LogP contribution in [0.2, 0.25) is 0 Å². The Morgan fingerprint density at radius 2 is 1.91 bits per heavy atom. The van der Waals surface area contributed by atoms with Crippen molar-refractivity contribution in [2.24, 2.45) is 0 Å². The number of aryl methyl sites for hydroxylation is 1. The highest BCUT2D eigenvalue weighted by Gasteiger charge is 2.28. The van der Waals surface area contributed by atoms with Crippen LogP contribution in [0.3, 0.4) is 0 Å². The lowest BCUT2D eigenvalue weighted by atomic mass is 9.83. The van der Waals surface area contributed by atoms with Crippen LogP contribution in [0.15, 0.2) is 23.1 Å². The van der Waals surface area contributed by atoms with Crippen LogP contribution in [-0.2, 0) is 22.1 Å². The predicted octanol–water partition coefficient (Wildman–Crippen LogP) is 2.42. The van der Waals surface area contributed by atoms with Gasteiger partial charge in [0.2, 0.25) is 0 Å². The minimum absolute atomic E-state index is 0.184. The van der Waals surface area contributed by atoms with E-state index in [1.165, 1.54) is 6.07 Å². The molecular weight excluding hydrogens is 304 g/mol. The van der Waals surface area contributed by atoms with Gasteiger partial charge in [-0.1, -0.05) is 32.4 Å². The first-order valence-corrected chi connectivity index (χ1v) is 8.27. The van der Waals surface area contributed by atoms with E-state index in [0.29, 0.717) is 17.0 Å². The number of H-pyrrole nitrogens is 1. The molecule has 0 aliphatic heterocycles. The molecule has 22 heavy (non-hydrogen) atoms. The number of nitrogens with zero attached hydrogens (tertiary/aromatic N) is 1. The summed E-state index contributed by atoms with van der Waals surface area (Å²) in [5.74, 6) is 0. The summed E-state index contributed by atoms with van der Waals surface area (Å²) in [6, 6.07) is 4.66. The molecule has 1 aromatic carbocycles. The van der Waals surface area contributed by atoms with E-state index in [1.54, 1.807) is 12.1 Å². The van der Waals surface area contributed by atoms with Gasteiger partial charge < -0.3 is 5.11 Å². The first-order valence-electron chi connectivity index (χ1n) is 6.83. The zero-order chi connectivity index (χ0) is 16.7. The van der Waals surface area contributed by atoms with Gasteiger partial charge in [0.15, 0.2) is 0 Å². The smallest absolute Gasteiger partial charge is 0.295 e. The number of aliphatic hydroxyl groups is 1. The molecule has 0 radical (unpaired) electrons. The first-order chi connectivity index (χ1) is 10.1. The highest BCUT2D eigenvalue weighted by atomic mass is 32.2. The van der Waals surface area contributed by atoms with Crippen LogP contribution in [-0.4, -0.2) is 28.3 Å². The summed E-state index contributed by atoms with van der Waals surface area (Å²) in [5, 5.41) is 16.4. The summed E-state index contributed by atoms with van der Waals surface area (Å²) in [4.78, 5) is -0.184. The number of aromatic amines is 1. The molecule has 2 aromatic rings. The predicted molar refractivity (Wildman–Crippen MR) is 83.2 cm³/mol. The van der Waals surface area contributed by atoms with Crippen LogP contribution < -0.4 is 0 Å². The third-order valence-electron chi connectivity index (χ3n) is 3.42. The SMILES string of the molecule is Cc1ccc(S(=O)(=O)O)c(-c2[nH]nc(CO)c2C(C)(C)C)c1. The number of benzene rings is 1. The number of aromatic nitrogens is 2. The molecule has 0 amide bonds. The summed E-state index contributed by atoms with van der Waals surface area (Å²) in [6.07, 6.45) is 0. The maximum Gasteiger partial charge on any atom is 0.295 e. The minimum Gasteiger partial charge on any atom is -0.390 e. The zero-order valence-corrected chi connectivity index (χ0v) is 13.8. The number of aliphatic hydroxyl groups excluding tert-OH is 1. The Labute approximate surface area is 129 Å². The number of rotatable bonds is 3. The largest absolute Gasteiger partial charge is 0.390 e. The average molecular weight is 324 g/mol. The Bertz CT molecular complexity index is 801. The minimum atomic E-state index is -4.37. The van der Waals surface area contributed by atoms with E-state index in [-0.39, 0.29) is 16.9 Å². The Morgan fingerprint density at radius 1 is 1.27 bits per heavy atom. The fourth-order valence-corrected chi connectivity index (χ4v) is 3.24. The molecule has 0 unspecified atom stereocenters. The monoisotopic (exact) mass is 324 g/mol. The van der Waals surface area contributed by atoms with Crippen molar-refractivity contribution < 1.29 is 18.1 Å². The Balaban J connectivity index is 2.84. The van der Waals surface area contributed by atoms with E-state index in [1.807, 2.05) is 27.7 Å². The molecule has 1 aromatic heterocycles. The number of hydrogen-bond acceptors (Lipinski definition) is 4. The second kappa shape index (κ2) is 5.49. The van der Waals surface area contributed by atoms with Crippen molar-refractivity contribution in [2.75, 3.05) is 0 Å². The summed E-state index contributed by atoms with van der Waals surface area (Å²) in [6.45, 7) is 7.42. The van der Waals surface area contributed by atoms with Gasteiger partial charge >= 0.3 is 0 Å². The van der Waals surface area contributed by atoms with Gasteiger partial charge in [0, 0.05) is 11.1 Å². The quantitative estimate of drug-likeness (QED) is 0.752. The lowest BCUT2D eigenvalue weighted by molar-refractivity contribution is 0.273. The molecule has 0 atom stereocenters. The summed E-state index contributed by atoms with van der Waals surface area (Å²) < 4.78 is 32.8. The van der Waals surface area contributed by atoms with Crippen molar-refractivity contribution in [1.82, 2.24) is 10.2 Å². The average Bonchev–Trinajstić information content (AvgIpc) is 2.80. The lowest BCUT2D eigenvalue weighted by Crippen LogP contribution is -2.15. The third kappa shape index (κ3) is 3.06. The van der Waals surface area contributed by atoms with E-state index < -0.39 is 10.1 Å². The van der Waals surface area contributed by atoms with Crippen molar-refractivity contribution in [3.05, 3.63) is 35.0 Å². The van der Waals surface area contributed by atoms with Crippen molar-refractivity contribution in [3.63, 3.8) is 0 Å². The molecular formula is C15H20N2O4S. The van der Waals surface area contributed by atoms with E-state index in [4.69, 9.17) is 0 Å². The van der Waals surface area contributed by atoms with Gasteiger partial charge in [0.25, 0.3) is 10.1 Å². The zero-order valence-electron chi connectivity index (χ0n) is 13.0. The fourth-order valence-electron chi connectivity index (χ4n) is 2.56. The van der Waals surface area contributed by atoms with Gasteiger partial charge in [-0.25, -0.2) is 0 Å². The molecule has 6 nitrogen and oxygen atoms in total. The van der Waals surface area contributed by atoms with Crippen LogP contribution in [0.5, 0.6) is 0 Å². The second-order valence-corrected chi connectivity index (χ2v) is 7.69. The molecule has 2 rings (SSSR count). The van der Waals surface area contributed by atoms with Gasteiger partial charge in [0.1, 0.15) is 4.90 Å². The summed E-state index contributed by atoms with van der Waals surface area (Å²) in [5.41, 5.74) is 2.52. The highest BCUT2D eigenvalue weighted by molar-refractivity contribution is 7.86. The fraction of sp³-hybridized carbons (Fsp3) is 0.400. The molecule has 0 spiro atoms. The maximum absolute atomic E-state index is 11.6. The van der Waals surface area contributed by atoms with Gasteiger partial charge in [-0.05, 0) is 24.5 Å². The van der Waals surface area contributed by atoms with Crippen LogP contribution >= 0.6 is 0 Å². The van der Waals surface area contributed by atoms with Gasteiger partial charge in [0.05, 0.1) is 18.0 Å². The van der Waals surface area contributed by atoms with E-state index in [9.17, 15) is 18.1 Å². The normalized spacial score (nSPS) is 12.6. The van der Waals surface area contributed by atoms with Crippen molar-refractivity contribution in [1.29, 1.82) is 0 Å². The molecule has 0 aliphatic rings. The molecule has 120 valence electrons. The topological polar surface area (TPSA) is 103 Å². The Hall–Kier alpha value is -1.70. The van der Waals surface area contributed by atoms with Crippen molar-refractivity contribution in [2.45, 2.75) is 44.6 Å². The van der Waals surface area contributed by atoms with Crippen LogP contribution in [0.1, 0.15) is 37.6 Å². The Morgan fingerprint density at radius 3 is 2.41 bits per heavy atom. The maximum atomic E-state index is 11.6. The summed E-state index contributed by atoms with van der Waals surface area (Å²) in [7, 11) is -4.37. The molecule has 0 bridgehead atoms. The molecule has 3 N–H and O–H groups in total. The van der Waals surface area contributed by atoms with E-state index in [2.05, 4.69) is 10.2 Å². The molecule has 7 heteroatoms. The van der Waals surface area contributed by atoms with Crippen LogP contribution in [0.25, 0.3) is 11.3 Å². The molecule has 0 saturated heterocycles. The second-order valence-electron chi connectivity index (χ2n) is 6.30.